The van der Waals surface area contributed by atoms with E-state index in [9.17, 15) is 4.79 Å². The summed E-state index contributed by atoms with van der Waals surface area (Å²) in [5, 5.41) is 3.09. The van der Waals surface area contributed by atoms with Crippen LogP contribution in [0.25, 0.3) is 0 Å². The van der Waals surface area contributed by atoms with E-state index in [0.717, 1.165) is 32.4 Å². The summed E-state index contributed by atoms with van der Waals surface area (Å²) >= 11 is 3.17. The summed E-state index contributed by atoms with van der Waals surface area (Å²) in [6.45, 7) is 1.53. The van der Waals surface area contributed by atoms with E-state index in [1.54, 1.807) is 0 Å². The maximum atomic E-state index is 11.2. The molecule has 0 aliphatic rings. The molecule has 15 heavy (non-hydrogen) atoms. The van der Waals surface area contributed by atoms with Gasteiger partial charge in [0, 0.05) is 6.54 Å². The smallest absolute Gasteiger partial charge is 0.267 e. The Hall–Kier alpha value is -0.880. The number of aromatic amines is 1. The van der Waals surface area contributed by atoms with Crippen molar-refractivity contribution in [2.24, 2.45) is 5.73 Å². The maximum Gasteiger partial charge on any atom is 0.267 e. The number of aromatic nitrogens is 2. The van der Waals surface area contributed by atoms with Gasteiger partial charge >= 0.3 is 0 Å². The van der Waals surface area contributed by atoms with Gasteiger partial charge in [-0.15, -0.1) is 0 Å². The van der Waals surface area contributed by atoms with Crippen LogP contribution < -0.4 is 16.6 Å². The Morgan fingerprint density at radius 3 is 3.00 bits per heavy atom. The quantitative estimate of drug-likeness (QED) is 0.678. The molecule has 0 unspecified atom stereocenters. The van der Waals surface area contributed by atoms with Crippen molar-refractivity contribution in [3.05, 3.63) is 21.2 Å². The summed E-state index contributed by atoms with van der Waals surface area (Å²) in [6, 6.07) is 0. The molecule has 0 radical (unpaired) electrons. The van der Waals surface area contributed by atoms with E-state index in [-0.39, 0.29) is 5.56 Å². The first-order chi connectivity index (χ1) is 7.25. The van der Waals surface area contributed by atoms with Crippen molar-refractivity contribution < 1.29 is 0 Å². The molecule has 5 nitrogen and oxygen atoms in total. The molecule has 0 saturated carbocycles. The van der Waals surface area contributed by atoms with E-state index < -0.39 is 0 Å². The van der Waals surface area contributed by atoms with Gasteiger partial charge in [0.2, 0.25) is 0 Å². The molecule has 0 bridgehead atoms. The van der Waals surface area contributed by atoms with Crippen LogP contribution in [0.5, 0.6) is 0 Å². The molecule has 0 aliphatic carbocycles. The highest BCUT2D eigenvalue weighted by Gasteiger charge is 2.03. The number of H-pyrrole nitrogens is 1. The second-order valence-corrected chi connectivity index (χ2v) is 3.96. The van der Waals surface area contributed by atoms with Gasteiger partial charge in [-0.25, -0.2) is 4.98 Å². The zero-order valence-electron chi connectivity index (χ0n) is 8.42. The van der Waals surface area contributed by atoms with Crippen molar-refractivity contribution in [2.75, 3.05) is 18.4 Å². The normalized spacial score (nSPS) is 10.3. The van der Waals surface area contributed by atoms with Gasteiger partial charge in [-0.3, -0.25) is 4.79 Å². The Kier molecular flexibility index (Phi) is 5.34. The van der Waals surface area contributed by atoms with Gasteiger partial charge in [0.25, 0.3) is 5.56 Å². The van der Waals surface area contributed by atoms with E-state index in [2.05, 4.69) is 31.2 Å². The Morgan fingerprint density at radius 1 is 1.47 bits per heavy atom. The number of nitrogens with one attached hydrogen (secondary N) is 2. The first-order valence-corrected chi connectivity index (χ1v) is 5.72. The molecule has 84 valence electrons. The Labute approximate surface area is 96.6 Å². The van der Waals surface area contributed by atoms with Gasteiger partial charge in [-0.2, -0.15) is 0 Å². The minimum absolute atomic E-state index is 0.172. The molecule has 0 saturated heterocycles. The van der Waals surface area contributed by atoms with E-state index in [1.165, 1.54) is 6.33 Å². The molecular weight excluding hydrogens is 260 g/mol. The minimum atomic E-state index is -0.172. The number of nitrogens with two attached hydrogens (primary N) is 1. The fraction of sp³-hybridized carbons (Fsp3) is 0.556. The molecule has 1 aromatic heterocycles. The molecular formula is C9H15BrN4O. The first-order valence-electron chi connectivity index (χ1n) is 4.93. The molecule has 0 spiro atoms. The largest absolute Gasteiger partial charge is 0.369 e. The summed E-state index contributed by atoms with van der Waals surface area (Å²) in [5.74, 6) is 0.589. The van der Waals surface area contributed by atoms with Crippen molar-refractivity contribution in [3.63, 3.8) is 0 Å². The van der Waals surface area contributed by atoms with Crippen molar-refractivity contribution >= 4 is 21.7 Å². The lowest BCUT2D eigenvalue weighted by Gasteiger charge is -2.05. The number of halogens is 1. The average molecular weight is 275 g/mol. The number of hydrogen-bond acceptors (Lipinski definition) is 4. The lowest BCUT2D eigenvalue weighted by atomic mass is 10.2. The molecule has 1 rings (SSSR count). The molecule has 0 fully saturated rings. The van der Waals surface area contributed by atoms with Crippen LogP contribution in [0.4, 0.5) is 5.82 Å². The maximum absolute atomic E-state index is 11.2. The van der Waals surface area contributed by atoms with Crippen molar-refractivity contribution in [2.45, 2.75) is 19.3 Å². The second-order valence-electron chi connectivity index (χ2n) is 3.17. The van der Waals surface area contributed by atoms with Crippen LogP contribution in [0, 0.1) is 0 Å². The molecule has 0 aliphatic heterocycles. The third kappa shape index (κ3) is 4.01. The fourth-order valence-corrected chi connectivity index (χ4v) is 1.52. The highest BCUT2D eigenvalue weighted by molar-refractivity contribution is 9.10. The minimum Gasteiger partial charge on any atom is -0.369 e. The third-order valence-electron chi connectivity index (χ3n) is 1.97. The Balaban J connectivity index is 2.38. The van der Waals surface area contributed by atoms with Crippen LogP contribution in [0.15, 0.2) is 15.6 Å². The lowest BCUT2D eigenvalue weighted by molar-refractivity contribution is 0.706. The Morgan fingerprint density at radius 2 is 2.27 bits per heavy atom. The number of nitrogens with zero attached hydrogens (tertiary/aromatic N) is 1. The van der Waals surface area contributed by atoms with Gasteiger partial charge in [0.1, 0.15) is 10.3 Å². The number of anilines is 1. The first kappa shape index (κ1) is 12.2. The zero-order chi connectivity index (χ0) is 11.1. The van der Waals surface area contributed by atoms with Gasteiger partial charge in [0.15, 0.2) is 0 Å². The predicted molar refractivity (Wildman–Crippen MR) is 64.0 cm³/mol. The van der Waals surface area contributed by atoms with Gasteiger partial charge in [0.05, 0.1) is 6.33 Å². The Bertz CT molecular complexity index is 352. The average Bonchev–Trinajstić information content (AvgIpc) is 2.24. The van der Waals surface area contributed by atoms with E-state index in [0.29, 0.717) is 10.3 Å². The van der Waals surface area contributed by atoms with Gasteiger partial charge < -0.3 is 16.0 Å². The third-order valence-corrected chi connectivity index (χ3v) is 2.71. The predicted octanol–water partition coefficient (Wildman–Crippen LogP) is 1.07. The van der Waals surface area contributed by atoms with Crippen LogP contribution in [-0.2, 0) is 0 Å². The number of rotatable bonds is 6. The van der Waals surface area contributed by atoms with Gasteiger partial charge in [-0.1, -0.05) is 6.42 Å². The highest BCUT2D eigenvalue weighted by atomic mass is 79.9. The summed E-state index contributed by atoms with van der Waals surface area (Å²) in [4.78, 5) is 17.7. The molecule has 0 atom stereocenters. The molecule has 6 heteroatoms. The van der Waals surface area contributed by atoms with Gasteiger partial charge in [-0.05, 0) is 35.3 Å². The number of unbranched alkanes of at least 4 members (excludes halogenated alkanes) is 2. The van der Waals surface area contributed by atoms with Crippen molar-refractivity contribution in [3.8, 4) is 0 Å². The molecule has 0 aromatic carbocycles. The van der Waals surface area contributed by atoms with E-state index in [1.807, 2.05) is 0 Å². The zero-order valence-corrected chi connectivity index (χ0v) is 10.0. The standard InChI is InChI=1S/C9H15BrN4O/c10-7-8(13-6-14-9(7)15)12-5-3-1-2-4-11/h6H,1-5,11H2,(H2,12,13,14,15). The summed E-state index contributed by atoms with van der Waals surface area (Å²) in [7, 11) is 0. The van der Waals surface area contributed by atoms with E-state index >= 15 is 0 Å². The van der Waals surface area contributed by atoms with Crippen LogP contribution in [0.2, 0.25) is 0 Å². The molecule has 1 aromatic rings. The monoisotopic (exact) mass is 274 g/mol. The van der Waals surface area contributed by atoms with Crippen LogP contribution in [0.1, 0.15) is 19.3 Å². The SMILES string of the molecule is NCCCCCNc1nc[nH]c(=O)c1Br. The van der Waals surface area contributed by atoms with Crippen molar-refractivity contribution in [1.82, 2.24) is 9.97 Å². The molecule has 0 amide bonds. The molecule has 4 N–H and O–H groups in total. The lowest BCUT2D eigenvalue weighted by Crippen LogP contribution is -2.13. The second kappa shape index (κ2) is 6.58. The van der Waals surface area contributed by atoms with Crippen LogP contribution in [-0.4, -0.2) is 23.1 Å². The van der Waals surface area contributed by atoms with Crippen LogP contribution >= 0.6 is 15.9 Å². The summed E-state index contributed by atoms with van der Waals surface area (Å²) in [5.41, 5.74) is 5.21. The number of hydrogen-bond donors (Lipinski definition) is 3. The topological polar surface area (TPSA) is 83.8 Å². The summed E-state index contributed by atoms with van der Waals surface area (Å²) < 4.78 is 0.448. The summed E-state index contributed by atoms with van der Waals surface area (Å²) in [6.07, 6.45) is 4.53. The fourth-order valence-electron chi connectivity index (χ4n) is 1.16. The van der Waals surface area contributed by atoms with Crippen LogP contribution in [0.3, 0.4) is 0 Å². The highest BCUT2D eigenvalue weighted by Crippen LogP contribution is 2.12. The van der Waals surface area contributed by atoms with Crippen molar-refractivity contribution in [1.29, 1.82) is 0 Å². The van der Waals surface area contributed by atoms with E-state index in [4.69, 9.17) is 5.73 Å². The molecule has 1 heterocycles.